The lowest BCUT2D eigenvalue weighted by atomic mass is 9.76. The number of hydrogen-bond donors (Lipinski definition) is 2. The molecule has 0 aromatic heterocycles. The van der Waals surface area contributed by atoms with E-state index in [1.165, 1.54) is 0 Å². The van der Waals surface area contributed by atoms with Gasteiger partial charge in [0.1, 0.15) is 0 Å². The highest BCUT2D eigenvalue weighted by atomic mass is 14.5. The maximum Gasteiger partial charge on any atom is 0.0660 e. The highest BCUT2D eigenvalue weighted by Gasteiger charge is 2.29. The Labute approximate surface area is 143 Å². The lowest BCUT2D eigenvalue weighted by Gasteiger charge is -2.27. The Balaban J connectivity index is 2.23. The van der Waals surface area contributed by atoms with Gasteiger partial charge in [0, 0.05) is 11.1 Å². The fourth-order valence-electron chi connectivity index (χ4n) is 3.41. The maximum atomic E-state index is 8.83. The van der Waals surface area contributed by atoms with Crippen molar-refractivity contribution in [3.05, 3.63) is 82.9 Å². The van der Waals surface area contributed by atoms with E-state index in [0.717, 1.165) is 46.3 Å². The van der Waals surface area contributed by atoms with Crippen LogP contribution in [0.4, 0.5) is 0 Å². The van der Waals surface area contributed by atoms with Crippen LogP contribution in [0.1, 0.15) is 37.8 Å². The van der Waals surface area contributed by atoms with Gasteiger partial charge in [0.25, 0.3) is 0 Å². The average Bonchev–Trinajstić information content (AvgIpc) is 2.64. The molecule has 3 rings (SSSR count). The van der Waals surface area contributed by atoms with E-state index in [-0.39, 0.29) is 0 Å². The summed E-state index contributed by atoms with van der Waals surface area (Å²) in [7, 11) is 0. The van der Waals surface area contributed by atoms with Crippen LogP contribution in [-0.4, -0.2) is 11.4 Å². The standard InChI is InChI=1S/C22H22N2/c1-3-17-19(15-11-7-5-8-12-15)22(24)18(4-2)20(21(17)23)16-13-9-6-10-14-16/h5-14,23-24H,3-4H2,1-2H3. The molecule has 0 aliphatic heterocycles. The van der Waals surface area contributed by atoms with Crippen molar-refractivity contribution in [1.82, 2.24) is 0 Å². The first kappa shape index (κ1) is 16.1. The predicted octanol–water partition coefficient (Wildman–Crippen LogP) is 5.77. The molecule has 0 atom stereocenters. The number of hydrogen-bond acceptors (Lipinski definition) is 2. The Kier molecular flexibility index (Phi) is 4.57. The Morgan fingerprint density at radius 1 is 0.583 bits per heavy atom. The third kappa shape index (κ3) is 2.65. The summed E-state index contributed by atoms with van der Waals surface area (Å²) in [6, 6.07) is 20.1. The van der Waals surface area contributed by atoms with Gasteiger partial charge < -0.3 is 0 Å². The van der Waals surface area contributed by atoms with Crippen LogP contribution in [-0.2, 0) is 0 Å². The molecule has 2 N–H and O–H groups in total. The van der Waals surface area contributed by atoms with Gasteiger partial charge in [0.05, 0.1) is 11.4 Å². The van der Waals surface area contributed by atoms with Crippen molar-refractivity contribution < 1.29 is 0 Å². The molecule has 0 amide bonds. The molecule has 120 valence electrons. The third-order valence-electron chi connectivity index (χ3n) is 4.54. The van der Waals surface area contributed by atoms with Gasteiger partial charge in [-0.2, -0.15) is 0 Å². The van der Waals surface area contributed by atoms with Gasteiger partial charge in [0.2, 0.25) is 0 Å². The van der Waals surface area contributed by atoms with Crippen molar-refractivity contribution in [2.75, 3.05) is 0 Å². The molecule has 24 heavy (non-hydrogen) atoms. The topological polar surface area (TPSA) is 47.7 Å². The molecular weight excluding hydrogens is 292 g/mol. The van der Waals surface area contributed by atoms with E-state index in [0.29, 0.717) is 11.4 Å². The first-order chi connectivity index (χ1) is 11.7. The molecule has 0 saturated carbocycles. The molecule has 0 radical (unpaired) electrons. The van der Waals surface area contributed by atoms with Gasteiger partial charge in [0.15, 0.2) is 0 Å². The number of nitrogens with one attached hydrogen (secondary N) is 2. The Bertz CT molecular complexity index is 767. The summed E-state index contributed by atoms with van der Waals surface area (Å²) >= 11 is 0. The Morgan fingerprint density at radius 2 is 0.917 bits per heavy atom. The summed E-state index contributed by atoms with van der Waals surface area (Å²) in [5.41, 5.74) is 6.94. The van der Waals surface area contributed by atoms with Gasteiger partial charge in [-0.1, -0.05) is 74.5 Å². The van der Waals surface area contributed by atoms with Crippen LogP contribution >= 0.6 is 0 Å². The van der Waals surface area contributed by atoms with Gasteiger partial charge in [-0.15, -0.1) is 0 Å². The van der Waals surface area contributed by atoms with Crippen LogP contribution in [0.15, 0.2) is 71.8 Å². The maximum absolute atomic E-state index is 8.83. The van der Waals surface area contributed by atoms with Crippen LogP contribution < -0.4 is 0 Å². The largest absolute Gasteiger partial charge is 0.300 e. The minimum absolute atomic E-state index is 0.565. The van der Waals surface area contributed by atoms with Crippen LogP contribution in [0.3, 0.4) is 0 Å². The summed E-state index contributed by atoms with van der Waals surface area (Å²) in [5, 5.41) is 17.7. The number of benzene rings is 2. The molecule has 2 aromatic carbocycles. The molecule has 2 heteroatoms. The van der Waals surface area contributed by atoms with Crippen molar-refractivity contribution in [1.29, 1.82) is 10.8 Å². The highest BCUT2D eigenvalue weighted by Crippen LogP contribution is 2.38. The van der Waals surface area contributed by atoms with E-state index in [1.54, 1.807) is 0 Å². The van der Waals surface area contributed by atoms with Crippen molar-refractivity contribution in [2.24, 2.45) is 0 Å². The smallest absolute Gasteiger partial charge is 0.0660 e. The molecule has 0 spiro atoms. The lowest BCUT2D eigenvalue weighted by molar-refractivity contribution is 1.14. The molecule has 0 saturated heterocycles. The van der Waals surface area contributed by atoms with Crippen LogP contribution in [0, 0.1) is 10.8 Å². The fourth-order valence-corrected chi connectivity index (χ4v) is 3.41. The minimum atomic E-state index is 0.565. The Morgan fingerprint density at radius 3 is 1.21 bits per heavy atom. The van der Waals surface area contributed by atoms with E-state index < -0.39 is 0 Å². The normalized spacial score (nSPS) is 15.2. The molecule has 0 unspecified atom stereocenters. The van der Waals surface area contributed by atoms with E-state index in [4.69, 9.17) is 10.8 Å². The lowest BCUT2D eigenvalue weighted by Crippen LogP contribution is -2.21. The average molecular weight is 314 g/mol. The summed E-state index contributed by atoms with van der Waals surface area (Å²) in [6.07, 6.45) is 1.50. The SMILES string of the molecule is CCC1=C(c2ccccc2)C(=N)C(CC)=C(c2ccccc2)C1=N. The van der Waals surface area contributed by atoms with Crippen molar-refractivity contribution in [2.45, 2.75) is 26.7 Å². The second-order valence-corrected chi connectivity index (χ2v) is 5.90. The summed E-state index contributed by atoms with van der Waals surface area (Å²) in [4.78, 5) is 0. The van der Waals surface area contributed by atoms with Gasteiger partial charge >= 0.3 is 0 Å². The van der Waals surface area contributed by atoms with E-state index >= 15 is 0 Å². The quantitative estimate of drug-likeness (QED) is 0.673. The third-order valence-corrected chi connectivity index (χ3v) is 4.54. The predicted molar refractivity (Wildman–Crippen MR) is 103 cm³/mol. The number of allylic oxidation sites excluding steroid dienone is 4. The second kappa shape index (κ2) is 6.79. The first-order valence-corrected chi connectivity index (χ1v) is 8.44. The van der Waals surface area contributed by atoms with Crippen LogP contribution in [0.25, 0.3) is 11.1 Å². The van der Waals surface area contributed by atoms with Crippen molar-refractivity contribution in [3.8, 4) is 0 Å². The van der Waals surface area contributed by atoms with E-state index in [9.17, 15) is 0 Å². The molecule has 1 aliphatic rings. The molecular formula is C22H22N2. The highest BCUT2D eigenvalue weighted by molar-refractivity contribution is 6.49. The zero-order chi connectivity index (χ0) is 17.1. The van der Waals surface area contributed by atoms with Gasteiger partial charge in [-0.05, 0) is 35.1 Å². The molecule has 2 nitrogen and oxygen atoms in total. The molecule has 2 aromatic rings. The minimum Gasteiger partial charge on any atom is -0.300 e. The molecule has 0 heterocycles. The van der Waals surface area contributed by atoms with Gasteiger partial charge in [-0.3, -0.25) is 10.8 Å². The summed E-state index contributed by atoms with van der Waals surface area (Å²) in [5.74, 6) is 0. The number of rotatable bonds is 4. The molecule has 0 fully saturated rings. The van der Waals surface area contributed by atoms with Gasteiger partial charge in [-0.25, -0.2) is 0 Å². The Hall–Kier alpha value is -2.74. The zero-order valence-corrected chi connectivity index (χ0v) is 14.2. The molecule has 0 bridgehead atoms. The fraction of sp³-hybridized carbons (Fsp3) is 0.182. The van der Waals surface area contributed by atoms with E-state index in [1.807, 2.05) is 60.7 Å². The first-order valence-electron chi connectivity index (χ1n) is 8.44. The zero-order valence-electron chi connectivity index (χ0n) is 14.2. The van der Waals surface area contributed by atoms with Crippen molar-refractivity contribution in [3.63, 3.8) is 0 Å². The monoisotopic (exact) mass is 314 g/mol. The molecule has 1 aliphatic carbocycles. The van der Waals surface area contributed by atoms with Crippen LogP contribution in [0.5, 0.6) is 0 Å². The van der Waals surface area contributed by atoms with Crippen molar-refractivity contribution >= 4 is 22.6 Å². The second-order valence-electron chi connectivity index (χ2n) is 5.90. The van der Waals surface area contributed by atoms with Crippen LogP contribution in [0.2, 0.25) is 0 Å². The summed E-state index contributed by atoms with van der Waals surface area (Å²) < 4.78 is 0. The summed E-state index contributed by atoms with van der Waals surface area (Å²) in [6.45, 7) is 4.14. The van der Waals surface area contributed by atoms with E-state index in [2.05, 4.69) is 13.8 Å².